The zero-order valence-corrected chi connectivity index (χ0v) is 14.9. The number of hydrogen-bond acceptors (Lipinski definition) is 3. The first-order valence-electron chi connectivity index (χ1n) is 8.54. The van der Waals surface area contributed by atoms with Crippen molar-refractivity contribution < 1.29 is 18.0 Å². The van der Waals surface area contributed by atoms with Gasteiger partial charge in [0.15, 0.2) is 12.3 Å². The third kappa shape index (κ3) is 3.13. The monoisotopic (exact) mass is 400 g/mol. The minimum atomic E-state index is -1.70. The van der Waals surface area contributed by atoms with E-state index in [1.54, 1.807) is 0 Å². The number of fused-ring (bicyclic) bond motifs is 1. The summed E-state index contributed by atoms with van der Waals surface area (Å²) in [6.07, 6.45) is -2.62. The van der Waals surface area contributed by atoms with Crippen LogP contribution in [0.5, 0.6) is 0 Å². The molecule has 1 aromatic carbocycles. The lowest BCUT2D eigenvalue weighted by atomic mass is 10.2. The predicted octanol–water partition coefficient (Wildman–Crippen LogP) is 1.89. The fraction of sp³-hybridized carbons (Fsp3) is 0.471. The first kappa shape index (κ1) is 18.1. The third-order valence-corrected chi connectivity index (χ3v) is 5.28. The van der Waals surface area contributed by atoms with Crippen LogP contribution in [0.3, 0.4) is 0 Å². The zero-order chi connectivity index (χ0) is 19.3. The quantitative estimate of drug-likeness (QED) is 0.790. The SMILES string of the molecule is O=C([C@H]1CCc2nn(Cc3ccc(F)c(Cl)c3)c(=O)n21)N1C[C@@H](F)[C@@H](F)C1. The summed E-state index contributed by atoms with van der Waals surface area (Å²) in [6.45, 7) is -0.534. The number of alkyl halides is 2. The van der Waals surface area contributed by atoms with Crippen LogP contribution in [0.1, 0.15) is 23.9 Å². The van der Waals surface area contributed by atoms with Gasteiger partial charge in [-0.3, -0.25) is 9.36 Å². The van der Waals surface area contributed by atoms with Crippen molar-refractivity contribution in [1.82, 2.24) is 19.2 Å². The van der Waals surface area contributed by atoms with Crippen LogP contribution < -0.4 is 5.69 Å². The number of aryl methyl sites for hydroxylation is 1. The van der Waals surface area contributed by atoms with Gasteiger partial charge in [-0.05, 0) is 24.1 Å². The summed E-state index contributed by atoms with van der Waals surface area (Å²) >= 11 is 5.76. The van der Waals surface area contributed by atoms with Crippen LogP contribution in [0.4, 0.5) is 13.2 Å². The Labute approximate surface area is 157 Å². The van der Waals surface area contributed by atoms with E-state index < -0.39 is 35.8 Å². The summed E-state index contributed by atoms with van der Waals surface area (Å²) in [5, 5.41) is 4.18. The third-order valence-electron chi connectivity index (χ3n) is 4.99. The van der Waals surface area contributed by atoms with Crippen LogP contribution in [-0.2, 0) is 17.8 Å². The minimum Gasteiger partial charge on any atom is -0.335 e. The number of carbonyl (C=O) groups excluding carboxylic acids is 1. The van der Waals surface area contributed by atoms with Gasteiger partial charge in [-0.15, -0.1) is 0 Å². The maximum atomic E-state index is 13.4. The van der Waals surface area contributed by atoms with Crippen molar-refractivity contribution >= 4 is 17.5 Å². The Morgan fingerprint density at radius 1 is 1.26 bits per heavy atom. The molecule has 1 fully saturated rings. The summed E-state index contributed by atoms with van der Waals surface area (Å²) in [5.41, 5.74) is 0.0947. The number of benzene rings is 1. The molecule has 2 aromatic rings. The van der Waals surface area contributed by atoms with Crippen LogP contribution in [0.15, 0.2) is 23.0 Å². The number of carbonyl (C=O) groups is 1. The summed E-state index contributed by atoms with van der Waals surface area (Å²) < 4.78 is 42.6. The van der Waals surface area contributed by atoms with Crippen LogP contribution in [0.2, 0.25) is 5.02 Å². The Bertz CT molecular complexity index is 950. The second-order valence-electron chi connectivity index (χ2n) is 6.80. The van der Waals surface area contributed by atoms with E-state index in [9.17, 15) is 22.8 Å². The molecular weight excluding hydrogens is 385 g/mol. The average molecular weight is 401 g/mol. The second kappa shape index (κ2) is 6.70. The van der Waals surface area contributed by atoms with Crippen molar-refractivity contribution in [2.45, 2.75) is 37.8 Å². The molecule has 0 unspecified atom stereocenters. The number of likely N-dealkylation sites (tertiary alicyclic amines) is 1. The molecule has 2 aliphatic rings. The van der Waals surface area contributed by atoms with E-state index in [-0.39, 0.29) is 24.7 Å². The lowest BCUT2D eigenvalue weighted by Gasteiger charge is -2.20. The van der Waals surface area contributed by atoms with Gasteiger partial charge in [-0.25, -0.2) is 22.6 Å². The van der Waals surface area contributed by atoms with Crippen molar-refractivity contribution in [3.63, 3.8) is 0 Å². The van der Waals surface area contributed by atoms with E-state index in [0.717, 1.165) is 4.90 Å². The van der Waals surface area contributed by atoms with Gasteiger partial charge >= 0.3 is 5.69 Å². The van der Waals surface area contributed by atoms with Crippen molar-refractivity contribution in [3.8, 4) is 0 Å². The van der Waals surface area contributed by atoms with E-state index in [0.29, 0.717) is 24.2 Å². The second-order valence-corrected chi connectivity index (χ2v) is 7.21. The summed E-state index contributed by atoms with van der Waals surface area (Å²) in [7, 11) is 0. The van der Waals surface area contributed by atoms with Gasteiger partial charge in [0.25, 0.3) is 0 Å². The van der Waals surface area contributed by atoms with Crippen LogP contribution in [0, 0.1) is 5.82 Å². The van der Waals surface area contributed by atoms with Gasteiger partial charge in [-0.2, -0.15) is 5.10 Å². The molecule has 10 heteroatoms. The lowest BCUT2D eigenvalue weighted by molar-refractivity contribution is -0.133. The van der Waals surface area contributed by atoms with Crippen LogP contribution in [-0.4, -0.2) is 50.6 Å². The molecule has 0 spiro atoms. The molecule has 6 nitrogen and oxygen atoms in total. The van der Waals surface area contributed by atoms with Crippen molar-refractivity contribution in [1.29, 1.82) is 0 Å². The van der Waals surface area contributed by atoms with E-state index in [4.69, 9.17) is 11.6 Å². The number of nitrogens with zero attached hydrogens (tertiary/aromatic N) is 4. The Hall–Kier alpha value is -2.29. The maximum Gasteiger partial charge on any atom is 0.346 e. The Balaban J connectivity index is 1.58. The summed E-state index contributed by atoms with van der Waals surface area (Å²) in [5.74, 6) is -0.587. The molecule has 4 rings (SSSR count). The molecule has 2 aliphatic heterocycles. The van der Waals surface area contributed by atoms with Gasteiger partial charge in [-0.1, -0.05) is 17.7 Å². The molecule has 0 aliphatic carbocycles. The number of halogens is 4. The highest BCUT2D eigenvalue weighted by atomic mass is 35.5. The number of amides is 1. The predicted molar refractivity (Wildman–Crippen MR) is 90.7 cm³/mol. The van der Waals surface area contributed by atoms with Crippen molar-refractivity contribution in [2.75, 3.05) is 13.1 Å². The molecule has 1 amide bonds. The smallest absolute Gasteiger partial charge is 0.335 e. The summed E-state index contributed by atoms with van der Waals surface area (Å²) in [6, 6.07) is 3.29. The van der Waals surface area contributed by atoms with E-state index >= 15 is 0 Å². The lowest BCUT2D eigenvalue weighted by Crippen LogP contribution is -2.39. The van der Waals surface area contributed by atoms with Gasteiger partial charge in [0.05, 0.1) is 24.7 Å². The first-order valence-corrected chi connectivity index (χ1v) is 8.92. The Morgan fingerprint density at radius 2 is 1.96 bits per heavy atom. The molecule has 27 heavy (non-hydrogen) atoms. The van der Waals surface area contributed by atoms with Gasteiger partial charge < -0.3 is 4.90 Å². The summed E-state index contributed by atoms with van der Waals surface area (Å²) in [4.78, 5) is 26.5. The standard InChI is InChI=1S/C17H16ClF3N4O2/c18-10-5-9(1-2-11(10)19)6-24-17(27)25-14(3-4-15(25)22-24)16(26)23-7-12(20)13(21)8-23/h1-2,5,12-14H,3-4,6-8H2/t12-,13+,14-/m1/s1. The highest BCUT2D eigenvalue weighted by Crippen LogP contribution is 2.27. The van der Waals surface area contributed by atoms with E-state index in [2.05, 4.69) is 5.10 Å². The van der Waals surface area contributed by atoms with Gasteiger partial charge in [0.1, 0.15) is 17.7 Å². The Morgan fingerprint density at radius 3 is 2.63 bits per heavy atom. The number of aromatic nitrogens is 3. The largest absolute Gasteiger partial charge is 0.346 e. The fourth-order valence-electron chi connectivity index (χ4n) is 3.61. The van der Waals surface area contributed by atoms with Crippen LogP contribution >= 0.6 is 11.6 Å². The average Bonchev–Trinajstić information content (AvgIpc) is 3.28. The Kier molecular flexibility index (Phi) is 4.49. The van der Waals surface area contributed by atoms with Gasteiger partial charge in [0.2, 0.25) is 5.91 Å². The van der Waals surface area contributed by atoms with Crippen LogP contribution in [0.25, 0.3) is 0 Å². The minimum absolute atomic E-state index is 0.0593. The molecule has 0 N–H and O–H groups in total. The van der Waals surface area contributed by atoms with E-state index in [1.165, 1.54) is 27.4 Å². The molecule has 0 radical (unpaired) electrons. The molecule has 1 saturated heterocycles. The maximum absolute atomic E-state index is 13.4. The first-order chi connectivity index (χ1) is 12.8. The molecule has 3 atom stereocenters. The van der Waals surface area contributed by atoms with Crippen molar-refractivity contribution in [2.24, 2.45) is 0 Å². The molecule has 3 heterocycles. The molecule has 1 aromatic heterocycles. The zero-order valence-electron chi connectivity index (χ0n) is 14.1. The molecule has 0 bridgehead atoms. The van der Waals surface area contributed by atoms with Gasteiger partial charge in [0, 0.05) is 6.42 Å². The highest BCUT2D eigenvalue weighted by molar-refractivity contribution is 6.30. The normalized spacial score (nSPS) is 24.4. The topological polar surface area (TPSA) is 60.1 Å². The van der Waals surface area contributed by atoms with E-state index in [1.807, 2.05) is 0 Å². The number of hydrogen-bond donors (Lipinski definition) is 0. The van der Waals surface area contributed by atoms with Crippen molar-refractivity contribution in [3.05, 3.63) is 50.9 Å². The molecule has 0 saturated carbocycles. The highest BCUT2D eigenvalue weighted by Gasteiger charge is 2.41. The molecular formula is C17H16ClF3N4O2. The number of rotatable bonds is 3. The fourth-order valence-corrected chi connectivity index (χ4v) is 3.81. The molecule has 144 valence electrons.